The number of aliphatic carboxylic acids is 1. The Hall–Kier alpha value is -1.14. The summed E-state index contributed by atoms with van der Waals surface area (Å²) in [4.78, 5) is 24.6. The third-order valence-corrected chi connectivity index (χ3v) is 3.20. The van der Waals surface area contributed by atoms with Crippen molar-refractivity contribution >= 4 is 11.9 Å². The first-order valence-electron chi connectivity index (χ1n) is 6.22. The SMILES string of the molecule is COCCOC(=O)C(C)N1CCCCC1C(=O)O. The van der Waals surface area contributed by atoms with E-state index in [1.54, 1.807) is 11.8 Å². The second-order valence-corrected chi connectivity index (χ2v) is 4.42. The summed E-state index contributed by atoms with van der Waals surface area (Å²) in [5.74, 6) is -1.26. The summed E-state index contributed by atoms with van der Waals surface area (Å²) < 4.78 is 9.82. The second kappa shape index (κ2) is 7.33. The number of carboxylic acids is 1. The van der Waals surface area contributed by atoms with E-state index in [9.17, 15) is 9.59 Å². The molecule has 0 spiro atoms. The van der Waals surface area contributed by atoms with Gasteiger partial charge in [0.25, 0.3) is 0 Å². The number of carbonyl (C=O) groups is 2. The lowest BCUT2D eigenvalue weighted by Gasteiger charge is -2.36. The van der Waals surface area contributed by atoms with E-state index in [0.29, 0.717) is 19.6 Å². The topological polar surface area (TPSA) is 76.1 Å². The molecule has 0 bridgehead atoms. The Labute approximate surface area is 107 Å². The Morgan fingerprint density at radius 3 is 2.72 bits per heavy atom. The van der Waals surface area contributed by atoms with Crippen LogP contribution in [0.3, 0.4) is 0 Å². The van der Waals surface area contributed by atoms with Gasteiger partial charge in [-0.3, -0.25) is 14.5 Å². The summed E-state index contributed by atoms with van der Waals surface area (Å²) >= 11 is 0. The molecule has 0 amide bonds. The number of carboxylic acid groups (broad SMARTS) is 1. The Balaban J connectivity index is 2.54. The molecule has 1 fully saturated rings. The summed E-state index contributed by atoms with van der Waals surface area (Å²) in [6.45, 7) is 2.86. The summed E-state index contributed by atoms with van der Waals surface area (Å²) in [7, 11) is 1.53. The monoisotopic (exact) mass is 259 g/mol. The quantitative estimate of drug-likeness (QED) is 0.553. The van der Waals surface area contributed by atoms with Gasteiger partial charge in [0.05, 0.1) is 6.61 Å². The number of nitrogens with zero attached hydrogens (tertiary/aromatic N) is 1. The van der Waals surface area contributed by atoms with Gasteiger partial charge in [0.1, 0.15) is 18.7 Å². The number of likely N-dealkylation sites (tertiary alicyclic amines) is 1. The molecule has 6 nitrogen and oxygen atoms in total. The molecule has 2 unspecified atom stereocenters. The van der Waals surface area contributed by atoms with Crippen LogP contribution in [0.15, 0.2) is 0 Å². The van der Waals surface area contributed by atoms with Crippen molar-refractivity contribution in [3.05, 3.63) is 0 Å². The average Bonchev–Trinajstić information content (AvgIpc) is 2.38. The lowest BCUT2D eigenvalue weighted by atomic mass is 10.0. The van der Waals surface area contributed by atoms with Gasteiger partial charge < -0.3 is 14.6 Å². The maximum absolute atomic E-state index is 11.8. The van der Waals surface area contributed by atoms with Gasteiger partial charge in [-0.2, -0.15) is 0 Å². The summed E-state index contributed by atoms with van der Waals surface area (Å²) in [6.07, 6.45) is 2.39. The van der Waals surface area contributed by atoms with Crippen molar-refractivity contribution in [2.45, 2.75) is 38.3 Å². The normalized spacial score (nSPS) is 22.4. The zero-order chi connectivity index (χ0) is 13.5. The van der Waals surface area contributed by atoms with Crippen LogP contribution in [-0.4, -0.2) is 60.9 Å². The van der Waals surface area contributed by atoms with Crippen molar-refractivity contribution in [2.75, 3.05) is 26.9 Å². The van der Waals surface area contributed by atoms with Crippen molar-refractivity contribution in [3.63, 3.8) is 0 Å². The number of rotatable bonds is 6. The molecule has 1 N–H and O–H groups in total. The molecule has 0 saturated carbocycles. The smallest absolute Gasteiger partial charge is 0.323 e. The highest BCUT2D eigenvalue weighted by Crippen LogP contribution is 2.20. The molecule has 1 aliphatic rings. The van der Waals surface area contributed by atoms with E-state index >= 15 is 0 Å². The minimum Gasteiger partial charge on any atom is -0.480 e. The molecule has 1 saturated heterocycles. The lowest BCUT2D eigenvalue weighted by Crippen LogP contribution is -2.52. The van der Waals surface area contributed by atoms with Gasteiger partial charge in [-0.15, -0.1) is 0 Å². The Morgan fingerprint density at radius 1 is 1.39 bits per heavy atom. The molecular formula is C12H21NO5. The van der Waals surface area contributed by atoms with E-state index < -0.39 is 18.1 Å². The Morgan fingerprint density at radius 2 is 2.11 bits per heavy atom. The number of hydrogen-bond acceptors (Lipinski definition) is 5. The minimum absolute atomic E-state index is 0.200. The first-order chi connectivity index (χ1) is 8.57. The van der Waals surface area contributed by atoms with Gasteiger partial charge in [0, 0.05) is 7.11 Å². The van der Waals surface area contributed by atoms with E-state index in [-0.39, 0.29) is 12.6 Å². The number of ether oxygens (including phenoxy) is 2. The summed E-state index contributed by atoms with van der Waals surface area (Å²) in [5, 5.41) is 9.14. The molecule has 6 heteroatoms. The van der Waals surface area contributed by atoms with Gasteiger partial charge in [-0.05, 0) is 26.3 Å². The fourth-order valence-electron chi connectivity index (χ4n) is 2.16. The largest absolute Gasteiger partial charge is 0.480 e. The van der Waals surface area contributed by atoms with E-state index in [0.717, 1.165) is 12.8 Å². The second-order valence-electron chi connectivity index (χ2n) is 4.42. The number of hydrogen-bond donors (Lipinski definition) is 1. The Kier molecular flexibility index (Phi) is 6.07. The number of methoxy groups -OCH3 is 1. The van der Waals surface area contributed by atoms with Crippen LogP contribution in [0.1, 0.15) is 26.2 Å². The van der Waals surface area contributed by atoms with Crippen LogP contribution in [0.4, 0.5) is 0 Å². The third kappa shape index (κ3) is 3.96. The van der Waals surface area contributed by atoms with Crippen LogP contribution in [0, 0.1) is 0 Å². The van der Waals surface area contributed by atoms with Crippen molar-refractivity contribution in [1.82, 2.24) is 4.90 Å². The molecule has 0 aromatic carbocycles. The van der Waals surface area contributed by atoms with Gasteiger partial charge in [0.15, 0.2) is 0 Å². The highest BCUT2D eigenvalue weighted by Gasteiger charge is 2.35. The molecule has 0 aliphatic carbocycles. The predicted molar refractivity (Wildman–Crippen MR) is 64.3 cm³/mol. The summed E-state index contributed by atoms with van der Waals surface area (Å²) in [5.41, 5.74) is 0. The van der Waals surface area contributed by atoms with Gasteiger partial charge >= 0.3 is 11.9 Å². The number of esters is 1. The zero-order valence-corrected chi connectivity index (χ0v) is 10.9. The highest BCUT2D eigenvalue weighted by atomic mass is 16.6. The Bertz CT molecular complexity index is 294. The molecule has 104 valence electrons. The van der Waals surface area contributed by atoms with E-state index in [4.69, 9.17) is 14.6 Å². The van der Waals surface area contributed by atoms with Crippen LogP contribution in [0.5, 0.6) is 0 Å². The van der Waals surface area contributed by atoms with Gasteiger partial charge in [-0.25, -0.2) is 0 Å². The number of carbonyl (C=O) groups excluding carboxylic acids is 1. The molecule has 1 rings (SSSR count). The first-order valence-corrected chi connectivity index (χ1v) is 6.22. The van der Waals surface area contributed by atoms with E-state index in [1.165, 1.54) is 7.11 Å². The fourth-order valence-corrected chi connectivity index (χ4v) is 2.16. The highest BCUT2D eigenvalue weighted by molar-refractivity contribution is 5.78. The minimum atomic E-state index is -0.869. The van der Waals surface area contributed by atoms with Gasteiger partial charge in [-0.1, -0.05) is 6.42 Å². The molecule has 0 radical (unpaired) electrons. The van der Waals surface area contributed by atoms with Crippen LogP contribution in [-0.2, 0) is 19.1 Å². The van der Waals surface area contributed by atoms with Crippen molar-refractivity contribution < 1.29 is 24.2 Å². The van der Waals surface area contributed by atoms with Crippen molar-refractivity contribution in [3.8, 4) is 0 Å². The summed E-state index contributed by atoms with van der Waals surface area (Å²) in [6, 6.07) is -1.10. The molecule has 0 aromatic rings. The zero-order valence-electron chi connectivity index (χ0n) is 10.9. The van der Waals surface area contributed by atoms with Gasteiger partial charge in [0.2, 0.25) is 0 Å². The molecule has 0 aromatic heterocycles. The predicted octanol–water partition coefficient (Wildman–Crippen LogP) is 0.504. The van der Waals surface area contributed by atoms with Crippen molar-refractivity contribution in [2.24, 2.45) is 0 Å². The molecule has 1 heterocycles. The molecular weight excluding hydrogens is 238 g/mol. The number of piperidine rings is 1. The standard InChI is InChI=1S/C12H21NO5/c1-9(12(16)18-8-7-17-2)13-6-4-3-5-10(13)11(14)15/h9-10H,3-8H2,1-2H3,(H,14,15). The van der Waals surface area contributed by atoms with Crippen LogP contribution in [0.25, 0.3) is 0 Å². The van der Waals surface area contributed by atoms with Crippen LogP contribution >= 0.6 is 0 Å². The fraction of sp³-hybridized carbons (Fsp3) is 0.833. The maximum atomic E-state index is 11.8. The third-order valence-electron chi connectivity index (χ3n) is 3.20. The average molecular weight is 259 g/mol. The lowest BCUT2D eigenvalue weighted by molar-refractivity contribution is -0.156. The van der Waals surface area contributed by atoms with Crippen LogP contribution in [0.2, 0.25) is 0 Å². The first kappa shape index (κ1) is 14.9. The van der Waals surface area contributed by atoms with E-state index in [1.807, 2.05) is 0 Å². The van der Waals surface area contributed by atoms with Crippen molar-refractivity contribution in [1.29, 1.82) is 0 Å². The van der Waals surface area contributed by atoms with E-state index in [2.05, 4.69) is 0 Å². The molecule has 1 aliphatic heterocycles. The molecule has 2 atom stereocenters. The molecule has 18 heavy (non-hydrogen) atoms. The van der Waals surface area contributed by atoms with Crippen LogP contribution < -0.4 is 0 Å². The maximum Gasteiger partial charge on any atom is 0.323 e.